The molecule has 140 valence electrons. The highest BCUT2D eigenvalue weighted by Gasteiger charge is 2.49. The summed E-state index contributed by atoms with van der Waals surface area (Å²) in [6, 6.07) is 8.67. The molecule has 6 heteroatoms. The van der Waals surface area contributed by atoms with Crippen LogP contribution in [0.1, 0.15) is 45.6 Å². The molecular weight excluding hydrogens is 330 g/mol. The standard InChI is InChI=1S/C20H27N3O3/c1-13-8-7-11-16(14(13)2)21-17(24)12-23-18(25)20(3,22-19(23)26)15-9-5-4-6-10-15/h4-6,9-10,13-14,16H,7-8,11-12H2,1-3H3,(H,21,24)(H,22,26)/t13-,14-,16-,20+/m1/s1. The predicted octanol–water partition coefficient (Wildman–Crippen LogP) is 2.39. The zero-order chi connectivity index (χ0) is 18.9. The van der Waals surface area contributed by atoms with Gasteiger partial charge in [-0.3, -0.25) is 14.5 Å². The van der Waals surface area contributed by atoms with E-state index in [1.54, 1.807) is 19.1 Å². The van der Waals surface area contributed by atoms with Crippen LogP contribution in [0.3, 0.4) is 0 Å². The van der Waals surface area contributed by atoms with Gasteiger partial charge in [0.2, 0.25) is 5.91 Å². The number of imide groups is 1. The quantitative estimate of drug-likeness (QED) is 0.812. The molecule has 2 aliphatic rings. The van der Waals surface area contributed by atoms with Gasteiger partial charge in [0, 0.05) is 6.04 Å². The summed E-state index contributed by atoms with van der Waals surface area (Å²) in [7, 11) is 0. The lowest BCUT2D eigenvalue weighted by molar-refractivity contribution is -0.135. The third kappa shape index (κ3) is 3.32. The van der Waals surface area contributed by atoms with Gasteiger partial charge in [-0.15, -0.1) is 0 Å². The molecule has 0 spiro atoms. The van der Waals surface area contributed by atoms with Gasteiger partial charge in [0.1, 0.15) is 12.1 Å². The normalized spacial score (nSPS) is 31.7. The van der Waals surface area contributed by atoms with E-state index in [0.717, 1.165) is 17.7 Å². The molecule has 0 aromatic heterocycles. The minimum atomic E-state index is -1.13. The second-order valence-corrected chi connectivity index (χ2v) is 7.75. The van der Waals surface area contributed by atoms with E-state index in [2.05, 4.69) is 24.5 Å². The van der Waals surface area contributed by atoms with Crippen molar-refractivity contribution in [1.82, 2.24) is 15.5 Å². The Balaban J connectivity index is 1.67. The molecule has 4 atom stereocenters. The van der Waals surface area contributed by atoms with Gasteiger partial charge in [0.25, 0.3) is 5.91 Å². The Morgan fingerprint density at radius 2 is 1.92 bits per heavy atom. The van der Waals surface area contributed by atoms with Crippen LogP contribution in [0.5, 0.6) is 0 Å². The SMILES string of the molecule is C[C@@H]1[C@H](C)CCC[C@H]1NC(=O)CN1C(=O)N[C@@](C)(c2ccccc2)C1=O. The number of hydrogen-bond acceptors (Lipinski definition) is 3. The fraction of sp³-hybridized carbons (Fsp3) is 0.550. The van der Waals surface area contributed by atoms with Gasteiger partial charge in [0.05, 0.1) is 0 Å². The number of carbonyl (C=O) groups is 3. The molecule has 0 radical (unpaired) electrons. The maximum atomic E-state index is 12.8. The molecule has 1 aromatic carbocycles. The first-order valence-corrected chi connectivity index (χ1v) is 9.32. The van der Waals surface area contributed by atoms with Crippen molar-refractivity contribution < 1.29 is 14.4 Å². The Hall–Kier alpha value is -2.37. The molecule has 1 aliphatic carbocycles. The van der Waals surface area contributed by atoms with E-state index in [1.807, 2.05) is 18.2 Å². The summed E-state index contributed by atoms with van der Waals surface area (Å²) in [5, 5.41) is 5.75. The number of nitrogens with zero attached hydrogens (tertiary/aromatic N) is 1. The Labute approximate surface area is 154 Å². The van der Waals surface area contributed by atoms with E-state index in [-0.39, 0.29) is 18.5 Å². The molecule has 1 aromatic rings. The lowest BCUT2D eigenvalue weighted by Crippen LogP contribution is -2.48. The van der Waals surface area contributed by atoms with Gasteiger partial charge >= 0.3 is 6.03 Å². The number of amides is 4. The van der Waals surface area contributed by atoms with Gasteiger partial charge in [-0.1, -0.05) is 57.0 Å². The highest BCUT2D eigenvalue weighted by molar-refractivity contribution is 6.09. The van der Waals surface area contributed by atoms with Crippen molar-refractivity contribution in [2.24, 2.45) is 11.8 Å². The maximum Gasteiger partial charge on any atom is 0.325 e. The van der Waals surface area contributed by atoms with Crippen LogP contribution < -0.4 is 10.6 Å². The molecule has 1 saturated carbocycles. The van der Waals surface area contributed by atoms with Crippen LogP contribution >= 0.6 is 0 Å². The number of carbonyl (C=O) groups excluding carboxylic acids is 3. The summed E-state index contributed by atoms with van der Waals surface area (Å²) in [6.45, 7) is 5.77. The van der Waals surface area contributed by atoms with Crippen LogP contribution in [0.25, 0.3) is 0 Å². The first-order valence-electron chi connectivity index (χ1n) is 9.32. The highest BCUT2D eigenvalue weighted by atomic mass is 16.2. The summed E-state index contributed by atoms with van der Waals surface area (Å²) in [5.74, 6) is 0.281. The molecule has 26 heavy (non-hydrogen) atoms. The average Bonchev–Trinajstić information content (AvgIpc) is 2.84. The first-order chi connectivity index (χ1) is 12.3. The number of urea groups is 1. The van der Waals surface area contributed by atoms with Crippen LogP contribution in [0.4, 0.5) is 4.79 Å². The highest BCUT2D eigenvalue weighted by Crippen LogP contribution is 2.30. The maximum absolute atomic E-state index is 12.8. The van der Waals surface area contributed by atoms with Gasteiger partial charge < -0.3 is 10.6 Å². The van der Waals surface area contributed by atoms with Crippen LogP contribution in [-0.2, 0) is 15.1 Å². The van der Waals surface area contributed by atoms with Crippen LogP contribution in [-0.4, -0.2) is 35.3 Å². The first kappa shape index (κ1) is 18.4. The second-order valence-electron chi connectivity index (χ2n) is 7.75. The average molecular weight is 357 g/mol. The molecule has 2 N–H and O–H groups in total. The van der Waals surface area contributed by atoms with E-state index in [9.17, 15) is 14.4 Å². The van der Waals surface area contributed by atoms with Gasteiger partial charge in [0.15, 0.2) is 0 Å². The zero-order valence-corrected chi connectivity index (χ0v) is 15.6. The predicted molar refractivity (Wildman–Crippen MR) is 98.1 cm³/mol. The minimum absolute atomic E-state index is 0.104. The van der Waals surface area contributed by atoms with Gasteiger partial charge in [-0.05, 0) is 30.7 Å². The molecule has 0 unspecified atom stereocenters. The summed E-state index contributed by atoms with van der Waals surface area (Å²) in [6.07, 6.45) is 3.21. The lowest BCUT2D eigenvalue weighted by atomic mass is 9.78. The Morgan fingerprint density at radius 3 is 2.62 bits per heavy atom. The molecule has 2 fully saturated rings. The molecule has 6 nitrogen and oxygen atoms in total. The van der Waals surface area contributed by atoms with E-state index in [1.165, 1.54) is 6.42 Å². The van der Waals surface area contributed by atoms with Crippen LogP contribution in [0, 0.1) is 11.8 Å². The largest absolute Gasteiger partial charge is 0.352 e. The fourth-order valence-corrected chi connectivity index (χ4v) is 3.99. The third-order valence-corrected chi connectivity index (χ3v) is 5.98. The van der Waals surface area contributed by atoms with Crippen molar-refractivity contribution in [1.29, 1.82) is 0 Å². The molecular formula is C20H27N3O3. The van der Waals surface area contributed by atoms with Gasteiger partial charge in [-0.25, -0.2) is 4.79 Å². The Bertz CT molecular complexity index is 706. The molecule has 0 bridgehead atoms. The smallest absolute Gasteiger partial charge is 0.325 e. The number of rotatable bonds is 4. The van der Waals surface area contributed by atoms with Crippen molar-refractivity contribution >= 4 is 17.8 Å². The second kappa shape index (κ2) is 7.09. The number of benzene rings is 1. The Kier molecular flexibility index (Phi) is 5.03. The van der Waals surface area contributed by atoms with E-state index in [4.69, 9.17) is 0 Å². The van der Waals surface area contributed by atoms with Crippen molar-refractivity contribution in [3.63, 3.8) is 0 Å². The Morgan fingerprint density at radius 1 is 1.23 bits per heavy atom. The van der Waals surface area contributed by atoms with E-state index in [0.29, 0.717) is 17.4 Å². The topological polar surface area (TPSA) is 78.5 Å². The lowest BCUT2D eigenvalue weighted by Gasteiger charge is -2.34. The molecule has 1 aliphatic heterocycles. The molecule has 4 amide bonds. The number of hydrogen-bond donors (Lipinski definition) is 2. The van der Waals surface area contributed by atoms with Crippen molar-refractivity contribution in [3.8, 4) is 0 Å². The van der Waals surface area contributed by atoms with Gasteiger partial charge in [-0.2, -0.15) is 0 Å². The van der Waals surface area contributed by atoms with E-state index >= 15 is 0 Å². The summed E-state index contributed by atoms with van der Waals surface area (Å²) in [5.41, 5.74) is -0.429. The molecule has 1 saturated heterocycles. The zero-order valence-electron chi connectivity index (χ0n) is 15.6. The van der Waals surface area contributed by atoms with Crippen molar-refractivity contribution in [2.45, 2.75) is 51.6 Å². The minimum Gasteiger partial charge on any atom is -0.352 e. The fourth-order valence-electron chi connectivity index (χ4n) is 3.99. The monoisotopic (exact) mass is 357 g/mol. The molecule has 3 rings (SSSR count). The molecule has 1 heterocycles. The van der Waals surface area contributed by atoms with Crippen LogP contribution in [0.2, 0.25) is 0 Å². The van der Waals surface area contributed by atoms with E-state index < -0.39 is 17.5 Å². The summed E-state index contributed by atoms with van der Waals surface area (Å²) < 4.78 is 0. The number of nitrogens with one attached hydrogen (secondary N) is 2. The van der Waals surface area contributed by atoms with Crippen molar-refractivity contribution in [3.05, 3.63) is 35.9 Å². The summed E-state index contributed by atoms with van der Waals surface area (Å²) >= 11 is 0. The van der Waals surface area contributed by atoms with Crippen LogP contribution in [0.15, 0.2) is 30.3 Å². The third-order valence-electron chi connectivity index (χ3n) is 5.98. The van der Waals surface area contributed by atoms with Crippen molar-refractivity contribution in [2.75, 3.05) is 6.54 Å². The summed E-state index contributed by atoms with van der Waals surface area (Å²) in [4.78, 5) is 38.7.